The Labute approximate surface area is 172 Å². The minimum atomic E-state index is 0.440. The van der Waals surface area contributed by atoms with Crippen LogP contribution in [-0.2, 0) is 0 Å². The fraction of sp³-hybridized carbons (Fsp3) is 0.400. The summed E-state index contributed by atoms with van der Waals surface area (Å²) in [6.45, 7) is 7.48. The Hall–Kier alpha value is -2.59. The molecule has 2 aliphatic heterocycles. The van der Waals surface area contributed by atoms with Crippen LogP contribution in [0.2, 0.25) is 0 Å². The van der Waals surface area contributed by atoms with Gasteiger partial charge in [-0.25, -0.2) is 4.68 Å². The second-order valence-corrected chi connectivity index (χ2v) is 9.28. The Morgan fingerprint density at radius 3 is 2.59 bits per heavy atom. The zero-order valence-electron chi connectivity index (χ0n) is 17.1. The third-order valence-electron chi connectivity index (χ3n) is 7.17. The number of aromatic nitrogens is 2. The molecule has 1 aliphatic carbocycles. The number of para-hydroxylation sites is 2. The summed E-state index contributed by atoms with van der Waals surface area (Å²) in [7, 11) is 0. The van der Waals surface area contributed by atoms with E-state index in [1.54, 1.807) is 0 Å². The van der Waals surface area contributed by atoms with E-state index in [9.17, 15) is 0 Å². The molecule has 1 saturated carbocycles. The predicted molar refractivity (Wildman–Crippen MR) is 114 cm³/mol. The lowest BCUT2D eigenvalue weighted by atomic mass is 9.56. The lowest BCUT2D eigenvalue weighted by molar-refractivity contribution is -0.0985. The first-order chi connectivity index (χ1) is 14.1. The van der Waals surface area contributed by atoms with Gasteiger partial charge in [0, 0.05) is 30.3 Å². The van der Waals surface area contributed by atoms with E-state index in [1.165, 1.54) is 48.4 Å². The summed E-state index contributed by atoms with van der Waals surface area (Å²) in [5, 5.41) is 4.83. The van der Waals surface area contributed by atoms with Gasteiger partial charge in [-0.3, -0.25) is 4.90 Å². The molecule has 29 heavy (non-hydrogen) atoms. The fourth-order valence-corrected chi connectivity index (χ4v) is 5.74. The lowest BCUT2D eigenvalue weighted by Crippen LogP contribution is -2.62. The summed E-state index contributed by atoms with van der Waals surface area (Å²) in [5.74, 6) is 1.69. The van der Waals surface area contributed by atoms with Gasteiger partial charge in [-0.05, 0) is 55.9 Å². The number of hydrogen-bond donors (Lipinski definition) is 0. The molecular weight excluding hydrogens is 358 g/mol. The van der Waals surface area contributed by atoms with E-state index in [0.29, 0.717) is 17.4 Å². The molecule has 3 aromatic rings. The normalized spacial score (nSPS) is 22.8. The van der Waals surface area contributed by atoms with Gasteiger partial charge in [0.15, 0.2) is 0 Å². The van der Waals surface area contributed by atoms with Gasteiger partial charge < -0.3 is 4.74 Å². The van der Waals surface area contributed by atoms with Crippen molar-refractivity contribution in [3.8, 4) is 11.4 Å². The summed E-state index contributed by atoms with van der Waals surface area (Å²) >= 11 is 0. The molecule has 3 aliphatic rings. The van der Waals surface area contributed by atoms with Crippen molar-refractivity contribution in [2.75, 3.05) is 19.7 Å². The Morgan fingerprint density at radius 1 is 1.00 bits per heavy atom. The zero-order valence-corrected chi connectivity index (χ0v) is 17.1. The average molecular weight is 386 g/mol. The van der Waals surface area contributed by atoms with E-state index >= 15 is 0 Å². The first kappa shape index (κ1) is 17.3. The molecule has 4 nitrogen and oxygen atoms in total. The molecule has 4 heteroatoms. The number of ether oxygens (including phenoxy) is 1. The van der Waals surface area contributed by atoms with Crippen LogP contribution in [0.15, 0.2) is 54.6 Å². The molecule has 0 N–H and O–H groups in total. The van der Waals surface area contributed by atoms with Gasteiger partial charge in [-0.2, -0.15) is 5.10 Å². The Kier molecular flexibility index (Phi) is 3.70. The van der Waals surface area contributed by atoms with Crippen molar-refractivity contribution in [3.63, 3.8) is 0 Å². The van der Waals surface area contributed by atoms with Gasteiger partial charge in [0.1, 0.15) is 12.4 Å². The monoisotopic (exact) mass is 385 g/mol. The highest BCUT2D eigenvalue weighted by Gasteiger charge is 2.55. The zero-order chi connectivity index (χ0) is 19.6. The number of benzene rings is 2. The summed E-state index contributed by atoms with van der Waals surface area (Å²) in [6.07, 6.45) is 2.55. The molecule has 0 radical (unpaired) electrons. The molecular formula is C25H27N3O. The summed E-state index contributed by atoms with van der Waals surface area (Å²) in [4.78, 5) is 2.62. The highest BCUT2D eigenvalue weighted by molar-refractivity contribution is 5.43. The number of hydrogen-bond acceptors (Lipinski definition) is 3. The summed E-state index contributed by atoms with van der Waals surface area (Å²) in [6, 6.07) is 19.8. The molecule has 6 rings (SSSR count). The number of likely N-dealkylation sites (tertiary alicyclic amines) is 1. The van der Waals surface area contributed by atoms with Crippen molar-refractivity contribution >= 4 is 0 Å². The topological polar surface area (TPSA) is 30.3 Å². The van der Waals surface area contributed by atoms with E-state index in [0.717, 1.165) is 18.1 Å². The minimum Gasteiger partial charge on any atom is -0.491 e. The third-order valence-corrected chi connectivity index (χ3v) is 7.17. The van der Waals surface area contributed by atoms with Crippen molar-refractivity contribution in [1.29, 1.82) is 0 Å². The molecule has 3 heterocycles. The SMILES string of the molecule is Cc1cc(C2CC3(C2)CN(C2COc4ccccc42)C3)n(-c2ccccc2C)n1. The Bertz CT molecular complexity index is 1070. The maximum absolute atomic E-state index is 5.90. The number of rotatable bonds is 3. The molecule has 1 aromatic heterocycles. The standard InChI is InChI=1S/C25H27N3O/c1-17-7-3-5-9-21(17)28-22(11-18(2)26-28)19-12-25(13-19)15-27(16-25)23-14-29-24-10-6-4-8-20(23)24/h3-11,19,23H,12-16H2,1-2H3. The maximum atomic E-state index is 5.90. The molecule has 1 unspecified atom stereocenters. The number of fused-ring (bicyclic) bond motifs is 1. The third kappa shape index (κ3) is 2.66. The van der Waals surface area contributed by atoms with Crippen molar-refractivity contribution in [2.24, 2.45) is 5.41 Å². The van der Waals surface area contributed by atoms with Crippen LogP contribution in [0.4, 0.5) is 0 Å². The van der Waals surface area contributed by atoms with Gasteiger partial charge in [0.2, 0.25) is 0 Å². The van der Waals surface area contributed by atoms with Crippen molar-refractivity contribution < 1.29 is 4.74 Å². The summed E-state index contributed by atoms with van der Waals surface area (Å²) < 4.78 is 8.10. The highest BCUT2D eigenvalue weighted by atomic mass is 16.5. The number of aryl methyl sites for hydroxylation is 2. The van der Waals surface area contributed by atoms with Crippen LogP contribution >= 0.6 is 0 Å². The van der Waals surface area contributed by atoms with E-state index in [-0.39, 0.29) is 0 Å². The van der Waals surface area contributed by atoms with Gasteiger partial charge in [-0.15, -0.1) is 0 Å². The molecule has 2 aromatic carbocycles. The van der Waals surface area contributed by atoms with Crippen LogP contribution in [0.1, 0.15) is 47.3 Å². The first-order valence-corrected chi connectivity index (χ1v) is 10.7. The Morgan fingerprint density at radius 2 is 1.76 bits per heavy atom. The average Bonchev–Trinajstić information content (AvgIpc) is 3.24. The smallest absolute Gasteiger partial charge is 0.124 e. The molecule has 1 spiro atoms. The van der Waals surface area contributed by atoms with Crippen LogP contribution in [0, 0.1) is 19.3 Å². The highest BCUT2D eigenvalue weighted by Crippen LogP contribution is 2.58. The minimum absolute atomic E-state index is 0.440. The van der Waals surface area contributed by atoms with Gasteiger partial charge >= 0.3 is 0 Å². The molecule has 2 fully saturated rings. The molecule has 0 bridgehead atoms. The van der Waals surface area contributed by atoms with E-state index in [4.69, 9.17) is 9.84 Å². The molecule has 1 saturated heterocycles. The second-order valence-electron chi connectivity index (χ2n) is 9.28. The Balaban J connectivity index is 1.17. The molecule has 1 atom stereocenters. The van der Waals surface area contributed by atoms with Crippen LogP contribution in [0.3, 0.4) is 0 Å². The largest absolute Gasteiger partial charge is 0.491 e. The van der Waals surface area contributed by atoms with Crippen molar-refractivity contribution in [2.45, 2.75) is 38.6 Å². The van der Waals surface area contributed by atoms with E-state index in [2.05, 4.69) is 78.0 Å². The predicted octanol–water partition coefficient (Wildman–Crippen LogP) is 4.80. The van der Waals surface area contributed by atoms with Crippen molar-refractivity contribution in [3.05, 3.63) is 77.1 Å². The quantitative estimate of drug-likeness (QED) is 0.649. The van der Waals surface area contributed by atoms with Crippen LogP contribution in [0.5, 0.6) is 5.75 Å². The van der Waals surface area contributed by atoms with E-state index < -0.39 is 0 Å². The maximum Gasteiger partial charge on any atom is 0.124 e. The molecule has 148 valence electrons. The summed E-state index contributed by atoms with van der Waals surface area (Å²) in [5.41, 5.74) is 6.85. The van der Waals surface area contributed by atoms with Crippen LogP contribution in [-0.4, -0.2) is 34.4 Å². The fourth-order valence-electron chi connectivity index (χ4n) is 5.74. The molecule has 0 amide bonds. The van der Waals surface area contributed by atoms with E-state index in [1.807, 2.05) is 0 Å². The van der Waals surface area contributed by atoms with Gasteiger partial charge in [0.25, 0.3) is 0 Å². The second kappa shape index (κ2) is 6.20. The van der Waals surface area contributed by atoms with Crippen molar-refractivity contribution in [1.82, 2.24) is 14.7 Å². The lowest BCUT2D eigenvalue weighted by Gasteiger charge is -2.60. The van der Waals surface area contributed by atoms with Crippen LogP contribution < -0.4 is 4.74 Å². The van der Waals surface area contributed by atoms with Gasteiger partial charge in [0.05, 0.1) is 17.4 Å². The first-order valence-electron chi connectivity index (χ1n) is 10.7. The van der Waals surface area contributed by atoms with Crippen LogP contribution in [0.25, 0.3) is 5.69 Å². The van der Waals surface area contributed by atoms with Gasteiger partial charge in [-0.1, -0.05) is 36.4 Å². The number of nitrogens with zero attached hydrogens (tertiary/aromatic N) is 3.